The molecule has 1 saturated heterocycles. The molecule has 1 aliphatic heterocycles. The lowest BCUT2D eigenvalue weighted by atomic mass is 10.2. The van der Waals surface area contributed by atoms with Gasteiger partial charge in [-0.2, -0.15) is 0 Å². The van der Waals surface area contributed by atoms with Crippen LogP contribution in [0.2, 0.25) is 0 Å². The number of hydrogen-bond acceptors (Lipinski definition) is 3. The summed E-state index contributed by atoms with van der Waals surface area (Å²) in [6.45, 7) is 9.83. The lowest BCUT2D eigenvalue weighted by Gasteiger charge is -2.25. The van der Waals surface area contributed by atoms with Gasteiger partial charge in [0, 0.05) is 18.6 Å². The lowest BCUT2D eigenvalue weighted by molar-refractivity contribution is -0.122. The van der Waals surface area contributed by atoms with E-state index < -0.39 is 0 Å². The first kappa shape index (κ1) is 14.5. The summed E-state index contributed by atoms with van der Waals surface area (Å²) in [4.78, 5) is 14.0. The fraction of sp³-hybridized carbons (Fsp3) is 0.923. The smallest absolute Gasteiger partial charge is 0.234 e. The molecule has 1 rings (SSSR count). The lowest BCUT2D eigenvalue weighted by Crippen LogP contribution is -2.44. The number of nitrogens with zero attached hydrogens (tertiary/aromatic N) is 1. The van der Waals surface area contributed by atoms with Crippen molar-refractivity contribution in [3.63, 3.8) is 0 Å². The predicted octanol–water partition coefficient (Wildman–Crippen LogP) is 0.975. The highest BCUT2D eigenvalue weighted by Crippen LogP contribution is 2.07. The molecule has 0 radical (unpaired) electrons. The maximum Gasteiger partial charge on any atom is 0.234 e. The second-order valence-corrected chi connectivity index (χ2v) is 5.25. The van der Waals surface area contributed by atoms with Gasteiger partial charge in [0.25, 0.3) is 0 Å². The topological polar surface area (TPSA) is 44.4 Å². The van der Waals surface area contributed by atoms with E-state index in [0.29, 0.717) is 12.6 Å². The molecular formula is C13H27N3O. The molecule has 1 unspecified atom stereocenters. The molecule has 100 valence electrons. The second-order valence-electron chi connectivity index (χ2n) is 5.25. The minimum atomic E-state index is 0.145. The Kier molecular flexibility index (Phi) is 6.52. The quantitative estimate of drug-likeness (QED) is 0.698. The molecule has 0 bridgehead atoms. The Balaban J connectivity index is 2.33. The van der Waals surface area contributed by atoms with E-state index in [4.69, 9.17) is 0 Å². The molecule has 1 atom stereocenters. The van der Waals surface area contributed by atoms with Crippen LogP contribution < -0.4 is 10.6 Å². The fourth-order valence-corrected chi connectivity index (χ4v) is 2.35. The molecule has 0 aromatic carbocycles. The SMILES string of the molecule is CCCN(CC(=O)NC(C)C)CC1CCCN1. The second kappa shape index (κ2) is 7.67. The van der Waals surface area contributed by atoms with Crippen LogP contribution in [0.5, 0.6) is 0 Å². The Morgan fingerprint density at radius 3 is 2.82 bits per heavy atom. The van der Waals surface area contributed by atoms with Gasteiger partial charge in [0.2, 0.25) is 5.91 Å². The van der Waals surface area contributed by atoms with Gasteiger partial charge in [0.1, 0.15) is 0 Å². The number of nitrogens with one attached hydrogen (secondary N) is 2. The standard InChI is InChI=1S/C13H27N3O/c1-4-8-16(9-12-6-5-7-14-12)10-13(17)15-11(2)3/h11-12,14H,4-10H2,1-3H3,(H,15,17). The van der Waals surface area contributed by atoms with E-state index >= 15 is 0 Å². The molecule has 4 heteroatoms. The van der Waals surface area contributed by atoms with E-state index in [2.05, 4.69) is 22.5 Å². The van der Waals surface area contributed by atoms with Gasteiger partial charge in [-0.15, -0.1) is 0 Å². The summed E-state index contributed by atoms with van der Waals surface area (Å²) in [5.74, 6) is 0.145. The van der Waals surface area contributed by atoms with Gasteiger partial charge < -0.3 is 10.6 Å². The van der Waals surface area contributed by atoms with Crippen LogP contribution in [0, 0.1) is 0 Å². The highest BCUT2D eigenvalue weighted by atomic mass is 16.2. The normalized spacial score (nSPS) is 20.2. The average molecular weight is 241 g/mol. The summed E-state index contributed by atoms with van der Waals surface area (Å²) in [7, 11) is 0. The number of amides is 1. The predicted molar refractivity (Wildman–Crippen MR) is 71.0 cm³/mol. The molecule has 1 aliphatic rings. The van der Waals surface area contributed by atoms with Crippen LogP contribution in [-0.4, -0.2) is 49.1 Å². The van der Waals surface area contributed by atoms with Crippen molar-refractivity contribution in [1.82, 2.24) is 15.5 Å². The minimum absolute atomic E-state index is 0.145. The van der Waals surface area contributed by atoms with Crippen LogP contribution in [0.1, 0.15) is 40.0 Å². The van der Waals surface area contributed by atoms with E-state index in [1.165, 1.54) is 12.8 Å². The zero-order valence-corrected chi connectivity index (χ0v) is 11.5. The first-order chi connectivity index (χ1) is 8.11. The van der Waals surface area contributed by atoms with Crippen molar-refractivity contribution in [1.29, 1.82) is 0 Å². The Hall–Kier alpha value is -0.610. The molecule has 17 heavy (non-hydrogen) atoms. The van der Waals surface area contributed by atoms with E-state index in [1.54, 1.807) is 0 Å². The van der Waals surface area contributed by atoms with E-state index in [1.807, 2.05) is 13.8 Å². The van der Waals surface area contributed by atoms with Crippen LogP contribution in [0.3, 0.4) is 0 Å². The summed E-state index contributed by atoms with van der Waals surface area (Å²) >= 11 is 0. The van der Waals surface area contributed by atoms with E-state index in [-0.39, 0.29) is 11.9 Å². The van der Waals surface area contributed by atoms with Crippen LogP contribution in [0.25, 0.3) is 0 Å². The van der Waals surface area contributed by atoms with Crippen molar-refractivity contribution in [3.05, 3.63) is 0 Å². The number of carbonyl (C=O) groups is 1. The summed E-state index contributed by atoms with van der Waals surface area (Å²) in [5, 5.41) is 6.44. The molecule has 1 amide bonds. The average Bonchev–Trinajstić information content (AvgIpc) is 2.69. The van der Waals surface area contributed by atoms with Crippen LogP contribution >= 0.6 is 0 Å². The third-order valence-electron chi connectivity index (χ3n) is 3.00. The summed E-state index contributed by atoms with van der Waals surface area (Å²) in [6, 6.07) is 0.809. The maximum atomic E-state index is 11.7. The Bertz CT molecular complexity index is 225. The van der Waals surface area contributed by atoms with Crippen LogP contribution in [0.15, 0.2) is 0 Å². The van der Waals surface area contributed by atoms with Crippen molar-refractivity contribution in [2.24, 2.45) is 0 Å². The number of carbonyl (C=O) groups excluding carboxylic acids is 1. The molecule has 2 N–H and O–H groups in total. The Morgan fingerprint density at radius 2 is 2.29 bits per heavy atom. The van der Waals surface area contributed by atoms with Gasteiger partial charge in [-0.25, -0.2) is 0 Å². The molecule has 0 spiro atoms. The molecule has 4 nitrogen and oxygen atoms in total. The molecular weight excluding hydrogens is 214 g/mol. The van der Waals surface area contributed by atoms with E-state index in [9.17, 15) is 4.79 Å². The Morgan fingerprint density at radius 1 is 1.53 bits per heavy atom. The maximum absolute atomic E-state index is 11.7. The zero-order valence-electron chi connectivity index (χ0n) is 11.5. The van der Waals surface area contributed by atoms with Crippen molar-refractivity contribution in [2.75, 3.05) is 26.2 Å². The van der Waals surface area contributed by atoms with E-state index in [0.717, 1.165) is 26.1 Å². The molecule has 0 saturated carbocycles. The van der Waals surface area contributed by atoms with Gasteiger partial charge in [0.05, 0.1) is 6.54 Å². The first-order valence-electron chi connectivity index (χ1n) is 6.87. The molecule has 1 fully saturated rings. The summed E-state index contributed by atoms with van der Waals surface area (Å²) in [6.07, 6.45) is 3.61. The third-order valence-corrected chi connectivity index (χ3v) is 3.00. The molecule has 0 aromatic heterocycles. The highest BCUT2D eigenvalue weighted by molar-refractivity contribution is 5.78. The highest BCUT2D eigenvalue weighted by Gasteiger charge is 2.19. The van der Waals surface area contributed by atoms with Gasteiger partial charge in [-0.3, -0.25) is 9.69 Å². The minimum Gasteiger partial charge on any atom is -0.353 e. The van der Waals surface area contributed by atoms with Crippen LogP contribution in [-0.2, 0) is 4.79 Å². The number of hydrogen-bond donors (Lipinski definition) is 2. The molecule has 0 aliphatic carbocycles. The molecule has 0 aromatic rings. The summed E-state index contributed by atoms with van der Waals surface area (Å²) in [5.41, 5.74) is 0. The number of rotatable bonds is 7. The van der Waals surface area contributed by atoms with Crippen molar-refractivity contribution < 1.29 is 4.79 Å². The van der Waals surface area contributed by atoms with Crippen LogP contribution in [0.4, 0.5) is 0 Å². The van der Waals surface area contributed by atoms with Gasteiger partial charge in [-0.1, -0.05) is 6.92 Å². The molecule has 1 heterocycles. The van der Waals surface area contributed by atoms with Crippen molar-refractivity contribution >= 4 is 5.91 Å². The summed E-state index contributed by atoms with van der Waals surface area (Å²) < 4.78 is 0. The first-order valence-corrected chi connectivity index (χ1v) is 6.87. The van der Waals surface area contributed by atoms with Crippen molar-refractivity contribution in [2.45, 2.75) is 52.1 Å². The largest absolute Gasteiger partial charge is 0.353 e. The third kappa shape index (κ3) is 6.03. The Labute approximate surface area is 105 Å². The van der Waals surface area contributed by atoms with Crippen molar-refractivity contribution in [3.8, 4) is 0 Å². The fourth-order valence-electron chi connectivity index (χ4n) is 2.35. The monoisotopic (exact) mass is 241 g/mol. The zero-order chi connectivity index (χ0) is 12.7. The van der Waals surface area contributed by atoms with Gasteiger partial charge >= 0.3 is 0 Å². The van der Waals surface area contributed by atoms with Gasteiger partial charge in [0.15, 0.2) is 0 Å². The van der Waals surface area contributed by atoms with Gasteiger partial charge in [-0.05, 0) is 46.2 Å².